The van der Waals surface area contributed by atoms with Gasteiger partial charge < -0.3 is 5.73 Å². The Morgan fingerprint density at radius 2 is 2.00 bits per heavy atom. The molecule has 0 aliphatic carbocycles. The summed E-state index contributed by atoms with van der Waals surface area (Å²) >= 11 is 0. The summed E-state index contributed by atoms with van der Waals surface area (Å²) in [6.07, 6.45) is 4.90. The molecule has 0 spiro atoms. The third-order valence-corrected chi connectivity index (χ3v) is 2.61. The van der Waals surface area contributed by atoms with Crippen LogP contribution in [0.3, 0.4) is 0 Å². The molecule has 1 heteroatoms. The Bertz CT molecular complexity index is 159. The highest BCUT2D eigenvalue weighted by Gasteiger charge is 2.20. The lowest BCUT2D eigenvalue weighted by atomic mass is 9.80. The third kappa shape index (κ3) is 5.87. The van der Waals surface area contributed by atoms with E-state index in [2.05, 4.69) is 27.4 Å². The Kier molecular flexibility index (Phi) is 5.31. The number of unbranched alkanes of at least 4 members (excludes halogenated alkanes) is 1. The molecule has 78 valence electrons. The molecule has 13 heavy (non-hydrogen) atoms. The van der Waals surface area contributed by atoms with Gasteiger partial charge in [-0.15, -0.1) is 0 Å². The molecule has 0 aliphatic rings. The second kappa shape index (κ2) is 5.43. The SMILES string of the molecule is C=C(C)C(N)CC(C)(C)CCCC. The Labute approximate surface area is 83.4 Å². The van der Waals surface area contributed by atoms with Gasteiger partial charge in [-0.25, -0.2) is 0 Å². The quantitative estimate of drug-likeness (QED) is 0.627. The van der Waals surface area contributed by atoms with Gasteiger partial charge in [0.15, 0.2) is 0 Å². The highest BCUT2D eigenvalue weighted by atomic mass is 14.6. The van der Waals surface area contributed by atoms with E-state index in [1.165, 1.54) is 19.3 Å². The first-order valence-electron chi connectivity index (χ1n) is 5.30. The molecule has 0 saturated carbocycles. The van der Waals surface area contributed by atoms with Crippen molar-refractivity contribution < 1.29 is 0 Å². The van der Waals surface area contributed by atoms with E-state index >= 15 is 0 Å². The summed E-state index contributed by atoms with van der Waals surface area (Å²) < 4.78 is 0. The fourth-order valence-electron chi connectivity index (χ4n) is 1.53. The van der Waals surface area contributed by atoms with Gasteiger partial charge in [-0.2, -0.15) is 0 Å². The van der Waals surface area contributed by atoms with Gasteiger partial charge >= 0.3 is 0 Å². The summed E-state index contributed by atoms with van der Waals surface area (Å²) in [4.78, 5) is 0. The monoisotopic (exact) mass is 183 g/mol. The molecule has 0 fully saturated rings. The fourth-order valence-corrected chi connectivity index (χ4v) is 1.53. The van der Waals surface area contributed by atoms with Crippen LogP contribution in [0.1, 0.15) is 53.4 Å². The molecule has 0 rings (SSSR count). The minimum atomic E-state index is 0.173. The third-order valence-electron chi connectivity index (χ3n) is 2.61. The number of hydrogen-bond acceptors (Lipinski definition) is 1. The maximum Gasteiger partial charge on any atom is 0.0253 e. The van der Waals surface area contributed by atoms with Crippen molar-refractivity contribution in [1.29, 1.82) is 0 Å². The lowest BCUT2D eigenvalue weighted by Gasteiger charge is -2.28. The van der Waals surface area contributed by atoms with Crippen LogP contribution in [-0.4, -0.2) is 6.04 Å². The zero-order valence-corrected chi connectivity index (χ0v) is 9.69. The van der Waals surface area contributed by atoms with Gasteiger partial charge in [0.2, 0.25) is 0 Å². The smallest absolute Gasteiger partial charge is 0.0253 e. The minimum Gasteiger partial charge on any atom is -0.324 e. The van der Waals surface area contributed by atoms with Crippen molar-refractivity contribution in [2.75, 3.05) is 0 Å². The summed E-state index contributed by atoms with van der Waals surface area (Å²) in [6, 6.07) is 0.173. The van der Waals surface area contributed by atoms with Crippen molar-refractivity contribution in [3.05, 3.63) is 12.2 Å². The van der Waals surface area contributed by atoms with Crippen LogP contribution in [-0.2, 0) is 0 Å². The summed E-state index contributed by atoms with van der Waals surface area (Å²) in [5.74, 6) is 0. The number of rotatable bonds is 6. The molecule has 0 bridgehead atoms. The van der Waals surface area contributed by atoms with E-state index in [4.69, 9.17) is 5.73 Å². The summed E-state index contributed by atoms with van der Waals surface area (Å²) in [5, 5.41) is 0. The standard InChI is InChI=1S/C12H25N/c1-6-7-8-12(4,5)9-11(13)10(2)3/h11H,2,6-9,13H2,1,3-5H3. The molecule has 0 aromatic carbocycles. The minimum absolute atomic E-state index is 0.173. The summed E-state index contributed by atoms with van der Waals surface area (Å²) in [7, 11) is 0. The van der Waals surface area contributed by atoms with Crippen molar-refractivity contribution in [2.45, 2.75) is 59.4 Å². The summed E-state index contributed by atoms with van der Waals surface area (Å²) in [5.41, 5.74) is 7.45. The molecular weight excluding hydrogens is 158 g/mol. The van der Waals surface area contributed by atoms with Gasteiger partial charge in [-0.3, -0.25) is 0 Å². The van der Waals surface area contributed by atoms with E-state index < -0.39 is 0 Å². The normalized spacial score (nSPS) is 14.2. The first-order chi connectivity index (χ1) is 5.89. The van der Waals surface area contributed by atoms with Crippen LogP contribution >= 0.6 is 0 Å². The van der Waals surface area contributed by atoms with Gasteiger partial charge in [0.25, 0.3) is 0 Å². The maximum atomic E-state index is 5.97. The Hall–Kier alpha value is -0.300. The van der Waals surface area contributed by atoms with E-state index in [1.807, 2.05) is 6.92 Å². The zero-order valence-electron chi connectivity index (χ0n) is 9.69. The van der Waals surface area contributed by atoms with E-state index in [-0.39, 0.29) is 6.04 Å². The molecule has 0 radical (unpaired) electrons. The van der Waals surface area contributed by atoms with Crippen molar-refractivity contribution in [1.82, 2.24) is 0 Å². The lowest BCUT2D eigenvalue weighted by Crippen LogP contribution is -2.28. The van der Waals surface area contributed by atoms with Crippen LogP contribution in [0.15, 0.2) is 12.2 Å². The molecule has 1 unspecified atom stereocenters. The number of hydrogen-bond donors (Lipinski definition) is 1. The predicted molar refractivity (Wildman–Crippen MR) is 60.7 cm³/mol. The predicted octanol–water partition coefficient (Wildman–Crippen LogP) is 3.50. The lowest BCUT2D eigenvalue weighted by molar-refractivity contribution is 0.283. The molecule has 2 N–H and O–H groups in total. The Morgan fingerprint density at radius 1 is 1.46 bits per heavy atom. The van der Waals surface area contributed by atoms with Gasteiger partial charge in [-0.05, 0) is 25.2 Å². The average molecular weight is 183 g/mol. The highest BCUT2D eigenvalue weighted by Crippen LogP contribution is 2.29. The van der Waals surface area contributed by atoms with Crippen LogP contribution < -0.4 is 5.73 Å². The Morgan fingerprint density at radius 3 is 2.38 bits per heavy atom. The topological polar surface area (TPSA) is 26.0 Å². The largest absolute Gasteiger partial charge is 0.324 e. The van der Waals surface area contributed by atoms with Crippen LogP contribution in [0.5, 0.6) is 0 Å². The first kappa shape index (κ1) is 12.7. The fraction of sp³-hybridized carbons (Fsp3) is 0.833. The van der Waals surface area contributed by atoms with Gasteiger partial charge in [0.05, 0.1) is 0 Å². The molecule has 0 saturated heterocycles. The van der Waals surface area contributed by atoms with E-state index in [1.54, 1.807) is 0 Å². The van der Waals surface area contributed by atoms with Crippen LogP contribution in [0.4, 0.5) is 0 Å². The average Bonchev–Trinajstić information content (AvgIpc) is 2.00. The van der Waals surface area contributed by atoms with Gasteiger partial charge in [-0.1, -0.05) is 45.8 Å². The number of nitrogens with two attached hydrogens (primary N) is 1. The van der Waals surface area contributed by atoms with Gasteiger partial charge in [0, 0.05) is 6.04 Å². The molecule has 0 aromatic heterocycles. The van der Waals surface area contributed by atoms with Crippen LogP contribution in [0, 0.1) is 5.41 Å². The maximum absolute atomic E-state index is 5.97. The van der Waals surface area contributed by atoms with Crippen LogP contribution in [0.2, 0.25) is 0 Å². The van der Waals surface area contributed by atoms with Crippen molar-refractivity contribution in [2.24, 2.45) is 11.1 Å². The van der Waals surface area contributed by atoms with E-state index in [9.17, 15) is 0 Å². The molecule has 0 aromatic rings. The molecule has 1 atom stereocenters. The molecule has 0 aliphatic heterocycles. The Balaban J connectivity index is 3.93. The van der Waals surface area contributed by atoms with Crippen LogP contribution in [0.25, 0.3) is 0 Å². The summed E-state index contributed by atoms with van der Waals surface area (Å²) in [6.45, 7) is 12.7. The zero-order chi connectivity index (χ0) is 10.5. The second-order valence-corrected chi connectivity index (χ2v) is 4.92. The van der Waals surface area contributed by atoms with Crippen molar-refractivity contribution in [3.8, 4) is 0 Å². The first-order valence-corrected chi connectivity index (χ1v) is 5.30. The van der Waals surface area contributed by atoms with Crippen molar-refractivity contribution >= 4 is 0 Å². The molecule has 1 nitrogen and oxygen atoms in total. The second-order valence-electron chi connectivity index (χ2n) is 4.92. The molecule has 0 heterocycles. The highest BCUT2D eigenvalue weighted by molar-refractivity contribution is 5.01. The van der Waals surface area contributed by atoms with Gasteiger partial charge in [0.1, 0.15) is 0 Å². The molecular formula is C12H25N. The van der Waals surface area contributed by atoms with E-state index in [0.717, 1.165) is 12.0 Å². The van der Waals surface area contributed by atoms with E-state index in [0.29, 0.717) is 5.41 Å². The molecule has 0 amide bonds. The van der Waals surface area contributed by atoms with Crippen molar-refractivity contribution in [3.63, 3.8) is 0 Å².